The molecule has 170 valence electrons. The van der Waals surface area contributed by atoms with Gasteiger partial charge in [-0.05, 0) is 45.8 Å². The second-order valence-electron chi connectivity index (χ2n) is 6.96. The summed E-state index contributed by atoms with van der Waals surface area (Å²) >= 11 is 3.43. The van der Waals surface area contributed by atoms with E-state index >= 15 is 0 Å². The van der Waals surface area contributed by atoms with Crippen LogP contribution in [-0.4, -0.2) is 42.3 Å². The van der Waals surface area contributed by atoms with E-state index in [4.69, 9.17) is 23.0 Å². The smallest absolute Gasteiger partial charge is 0.266 e. The first-order valence-corrected chi connectivity index (χ1v) is 10.6. The highest BCUT2D eigenvalue weighted by atomic mass is 79.9. The van der Waals surface area contributed by atoms with Crippen LogP contribution in [0.5, 0.6) is 11.5 Å². The highest BCUT2D eigenvalue weighted by molar-refractivity contribution is 9.10. The average Bonchev–Trinajstić information content (AvgIpc) is 3.50. The Hall–Kier alpha value is -3.50. The summed E-state index contributed by atoms with van der Waals surface area (Å²) in [6.07, 6.45) is 0.507. The van der Waals surface area contributed by atoms with Gasteiger partial charge < -0.3 is 23.0 Å². The van der Waals surface area contributed by atoms with Crippen molar-refractivity contribution in [3.05, 3.63) is 64.5 Å². The summed E-state index contributed by atoms with van der Waals surface area (Å²) in [7, 11) is 4.55. The summed E-state index contributed by atoms with van der Waals surface area (Å²) in [5.41, 5.74) is 2.50. The third-order valence-electron chi connectivity index (χ3n) is 4.92. The monoisotopic (exact) mass is 513 g/mol. The number of carbonyl (C=O) groups excluding carboxylic acids is 1. The second-order valence-corrected chi connectivity index (χ2v) is 7.75. The number of rotatable bonds is 8. The number of nitrogens with zero attached hydrogens (tertiary/aromatic N) is 3. The summed E-state index contributed by atoms with van der Waals surface area (Å²) in [5, 5.41) is 7.82. The third kappa shape index (κ3) is 4.53. The lowest BCUT2D eigenvalue weighted by Gasteiger charge is -2.13. The number of hydrogen-bond acceptors (Lipinski definition) is 9. The summed E-state index contributed by atoms with van der Waals surface area (Å²) in [5.74, 6) is 1.50. The van der Waals surface area contributed by atoms with Gasteiger partial charge in [0.25, 0.3) is 11.7 Å². The normalized spacial score (nSPS) is 11.9. The molecule has 2 aromatic heterocycles. The third-order valence-corrected chi connectivity index (χ3v) is 5.70. The molecule has 0 radical (unpaired) electrons. The fourth-order valence-electron chi connectivity index (χ4n) is 3.26. The Bertz CT molecular complexity index is 1260. The first-order chi connectivity index (χ1) is 15.9. The van der Waals surface area contributed by atoms with E-state index in [9.17, 15) is 4.79 Å². The van der Waals surface area contributed by atoms with Gasteiger partial charge in [-0.3, -0.25) is 4.79 Å². The van der Waals surface area contributed by atoms with Crippen molar-refractivity contribution in [1.82, 2.24) is 15.2 Å². The highest BCUT2D eigenvalue weighted by Crippen LogP contribution is 2.39. The molecule has 4 rings (SSSR count). The van der Waals surface area contributed by atoms with Crippen LogP contribution in [0.4, 0.5) is 0 Å². The van der Waals surface area contributed by atoms with Crippen LogP contribution in [0.15, 0.2) is 56.0 Å². The largest absolute Gasteiger partial charge is 0.495 e. The number of ketones is 1. The van der Waals surface area contributed by atoms with Crippen LogP contribution in [-0.2, 0) is 4.74 Å². The second kappa shape index (κ2) is 9.55. The van der Waals surface area contributed by atoms with E-state index in [1.54, 1.807) is 57.5 Å². The fraction of sp³-hybridized carbons (Fsp3) is 0.217. The molecule has 2 heterocycles. The van der Waals surface area contributed by atoms with Crippen molar-refractivity contribution in [1.29, 1.82) is 0 Å². The molecule has 0 aliphatic carbocycles. The van der Waals surface area contributed by atoms with Gasteiger partial charge in [0.15, 0.2) is 6.10 Å². The lowest BCUT2D eigenvalue weighted by Crippen LogP contribution is -2.15. The van der Waals surface area contributed by atoms with E-state index < -0.39 is 11.9 Å². The molecule has 4 aromatic rings. The van der Waals surface area contributed by atoms with Crippen LogP contribution in [0.3, 0.4) is 0 Å². The van der Waals surface area contributed by atoms with Crippen LogP contribution < -0.4 is 9.47 Å². The number of aryl methyl sites for hydroxylation is 1. The van der Waals surface area contributed by atoms with Gasteiger partial charge in [0.05, 0.1) is 14.2 Å². The minimum Gasteiger partial charge on any atom is -0.495 e. The van der Waals surface area contributed by atoms with Crippen molar-refractivity contribution in [3.8, 4) is 34.2 Å². The molecule has 0 aliphatic rings. The Balaban J connectivity index is 1.59. The molecule has 0 amide bonds. The van der Waals surface area contributed by atoms with Gasteiger partial charge in [0, 0.05) is 25.2 Å². The van der Waals surface area contributed by atoms with Crippen molar-refractivity contribution in [2.24, 2.45) is 0 Å². The minimum absolute atomic E-state index is 0.0747. The molecule has 0 fully saturated rings. The SMILES string of the molecule is COc1cc(-c2coc(C(=O)C(OC)c3ccc(-c4nnc(C)o4)cc3)n2)cc(OC)c1Br. The Morgan fingerprint density at radius 1 is 1.00 bits per heavy atom. The van der Waals surface area contributed by atoms with Gasteiger partial charge in [0.1, 0.15) is 27.9 Å². The minimum atomic E-state index is -0.899. The fourth-order valence-corrected chi connectivity index (χ4v) is 3.81. The molecule has 33 heavy (non-hydrogen) atoms. The van der Waals surface area contributed by atoms with E-state index in [0.717, 1.165) is 5.56 Å². The summed E-state index contributed by atoms with van der Waals surface area (Å²) < 4.78 is 27.8. The molecule has 2 aromatic carbocycles. The molecular weight excluding hydrogens is 494 g/mol. The lowest BCUT2D eigenvalue weighted by atomic mass is 10.0. The van der Waals surface area contributed by atoms with E-state index in [-0.39, 0.29) is 5.89 Å². The molecule has 0 saturated heterocycles. The van der Waals surface area contributed by atoms with E-state index in [2.05, 4.69) is 31.1 Å². The van der Waals surface area contributed by atoms with Gasteiger partial charge in [-0.2, -0.15) is 0 Å². The molecule has 0 spiro atoms. The summed E-state index contributed by atoms with van der Waals surface area (Å²) in [6.45, 7) is 1.72. The number of hydrogen-bond donors (Lipinski definition) is 0. The molecule has 0 bridgehead atoms. The lowest BCUT2D eigenvalue weighted by molar-refractivity contribution is 0.0569. The van der Waals surface area contributed by atoms with Gasteiger partial charge in [-0.25, -0.2) is 4.98 Å². The zero-order valence-corrected chi connectivity index (χ0v) is 19.9. The molecule has 1 unspecified atom stereocenters. The average molecular weight is 514 g/mol. The zero-order chi connectivity index (χ0) is 23.5. The topological polar surface area (TPSA) is 110 Å². The van der Waals surface area contributed by atoms with Gasteiger partial charge >= 0.3 is 0 Å². The molecule has 0 aliphatic heterocycles. The van der Waals surface area contributed by atoms with Crippen LogP contribution in [0.25, 0.3) is 22.7 Å². The van der Waals surface area contributed by atoms with Crippen LogP contribution >= 0.6 is 15.9 Å². The van der Waals surface area contributed by atoms with E-state index in [1.807, 2.05) is 0 Å². The Labute approximate surface area is 197 Å². The first-order valence-electron chi connectivity index (χ1n) is 9.80. The Morgan fingerprint density at radius 3 is 2.21 bits per heavy atom. The Morgan fingerprint density at radius 2 is 1.67 bits per heavy atom. The predicted octanol–water partition coefficient (Wildman–Crippen LogP) is 5.05. The van der Waals surface area contributed by atoms with Gasteiger partial charge in [-0.15, -0.1) is 10.2 Å². The quantitative estimate of drug-likeness (QED) is 0.298. The van der Waals surface area contributed by atoms with Crippen LogP contribution in [0.1, 0.15) is 28.2 Å². The maximum atomic E-state index is 13.1. The maximum Gasteiger partial charge on any atom is 0.266 e. The standard InChI is InChI=1S/C23H20BrN3O6/c1-12-26-27-22(33-12)14-7-5-13(6-8-14)21(31-4)20(28)23-25-16(11-32-23)15-9-17(29-2)19(24)18(10-15)30-3/h5-11,21H,1-4H3. The number of Topliss-reactive ketones (excluding diaryl/α,β-unsaturated/α-hetero) is 1. The van der Waals surface area contributed by atoms with E-state index in [1.165, 1.54) is 13.4 Å². The number of carbonyl (C=O) groups is 1. The molecule has 0 saturated carbocycles. The Kier molecular flexibility index (Phi) is 6.57. The van der Waals surface area contributed by atoms with Crippen molar-refractivity contribution >= 4 is 21.7 Å². The molecule has 10 heteroatoms. The summed E-state index contributed by atoms with van der Waals surface area (Å²) in [6, 6.07) is 10.6. The number of halogens is 1. The van der Waals surface area contributed by atoms with Crippen LogP contribution in [0, 0.1) is 6.92 Å². The highest BCUT2D eigenvalue weighted by Gasteiger charge is 2.27. The number of oxazole rings is 1. The van der Waals surface area contributed by atoms with E-state index in [0.29, 0.717) is 44.6 Å². The zero-order valence-electron chi connectivity index (χ0n) is 18.3. The van der Waals surface area contributed by atoms with Gasteiger partial charge in [-0.1, -0.05) is 12.1 Å². The first kappa shape index (κ1) is 22.7. The number of benzene rings is 2. The number of aromatic nitrogens is 3. The van der Waals surface area contributed by atoms with Gasteiger partial charge in [0.2, 0.25) is 11.8 Å². The maximum absolute atomic E-state index is 13.1. The molecular formula is C23H20BrN3O6. The summed E-state index contributed by atoms with van der Waals surface area (Å²) in [4.78, 5) is 17.5. The predicted molar refractivity (Wildman–Crippen MR) is 121 cm³/mol. The van der Waals surface area contributed by atoms with Crippen molar-refractivity contribution in [2.45, 2.75) is 13.0 Å². The van der Waals surface area contributed by atoms with Crippen LogP contribution in [0.2, 0.25) is 0 Å². The van der Waals surface area contributed by atoms with Crippen molar-refractivity contribution in [3.63, 3.8) is 0 Å². The molecule has 9 nitrogen and oxygen atoms in total. The molecule has 0 N–H and O–H groups in total. The van der Waals surface area contributed by atoms with Crippen molar-refractivity contribution in [2.75, 3.05) is 21.3 Å². The van der Waals surface area contributed by atoms with Crippen molar-refractivity contribution < 1.29 is 27.8 Å². The number of methoxy groups -OCH3 is 3. The molecule has 1 atom stereocenters. The number of ether oxygens (including phenoxy) is 3.